The summed E-state index contributed by atoms with van der Waals surface area (Å²) in [5.41, 5.74) is -0.486. The van der Waals surface area contributed by atoms with E-state index in [0.29, 0.717) is 21.3 Å². The molecule has 1 aromatic carbocycles. The Labute approximate surface area is 114 Å². The lowest BCUT2D eigenvalue weighted by Gasteiger charge is -2.23. The van der Waals surface area contributed by atoms with Gasteiger partial charge in [-0.05, 0) is 36.8 Å². The fourth-order valence-corrected chi connectivity index (χ4v) is 1.91. The largest absolute Gasteiger partial charge is 0.379 e. The number of nitrogens with zero attached hydrogens (tertiary/aromatic N) is 1. The molecule has 0 bridgehead atoms. The van der Waals surface area contributed by atoms with Crippen molar-refractivity contribution in [3.63, 3.8) is 0 Å². The molecule has 1 atom stereocenters. The minimum Gasteiger partial charge on any atom is -0.379 e. The zero-order valence-electron chi connectivity index (χ0n) is 9.49. The molecule has 0 aliphatic heterocycles. The van der Waals surface area contributed by atoms with Crippen molar-refractivity contribution < 1.29 is 9.50 Å². The highest BCUT2D eigenvalue weighted by atomic mass is 35.5. The van der Waals surface area contributed by atoms with E-state index < -0.39 is 11.4 Å². The van der Waals surface area contributed by atoms with Gasteiger partial charge in [-0.2, -0.15) is 0 Å². The van der Waals surface area contributed by atoms with Crippen molar-refractivity contribution >= 4 is 23.2 Å². The van der Waals surface area contributed by atoms with Crippen LogP contribution in [0.1, 0.15) is 18.2 Å². The first kappa shape index (κ1) is 13.3. The lowest BCUT2D eigenvalue weighted by Crippen LogP contribution is -2.24. The van der Waals surface area contributed by atoms with E-state index in [1.165, 1.54) is 12.1 Å². The second-order valence-corrected chi connectivity index (χ2v) is 4.88. The van der Waals surface area contributed by atoms with Crippen LogP contribution in [-0.2, 0) is 5.60 Å². The van der Waals surface area contributed by atoms with E-state index >= 15 is 0 Å². The van der Waals surface area contributed by atoms with Gasteiger partial charge in [-0.1, -0.05) is 29.3 Å². The number of hydrogen-bond acceptors (Lipinski definition) is 2. The summed E-state index contributed by atoms with van der Waals surface area (Å²) in [6.45, 7) is 1.56. The van der Waals surface area contributed by atoms with Crippen LogP contribution in [0.3, 0.4) is 0 Å². The van der Waals surface area contributed by atoms with Crippen LogP contribution >= 0.6 is 23.2 Å². The molecule has 0 amide bonds. The van der Waals surface area contributed by atoms with Crippen molar-refractivity contribution in [3.8, 4) is 0 Å². The molecule has 0 radical (unpaired) electrons. The zero-order chi connectivity index (χ0) is 13.3. The summed E-state index contributed by atoms with van der Waals surface area (Å²) >= 11 is 11.7. The van der Waals surface area contributed by atoms with E-state index in [1.807, 2.05) is 0 Å². The van der Waals surface area contributed by atoms with Crippen molar-refractivity contribution in [2.45, 2.75) is 12.5 Å². The van der Waals surface area contributed by atoms with Gasteiger partial charge in [-0.15, -0.1) is 0 Å². The van der Waals surface area contributed by atoms with Crippen LogP contribution in [0.15, 0.2) is 36.5 Å². The molecule has 5 heteroatoms. The molecule has 1 aromatic heterocycles. The van der Waals surface area contributed by atoms with Crippen LogP contribution in [-0.4, -0.2) is 10.1 Å². The Morgan fingerprint density at radius 1 is 1.17 bits per heavy atom. The number of pyridine rings is 1. The Morgan fingerprint density at radius 2 is 1.89 bits per heavy atom. The minimum absolute atomic E-state index is 0.335. The molecule has 2 rings (SSSR count). The summed E-state index contributed by atoms with van der Waals surface area (Å²) < 4.78 is 12.8. The number of aliphatic hydroxyl groups is 1. The van der Waals surface area contributed by atoms with Gasteiger partial charge in [0.25, 0.3) is 0 Å². The molecule has 1 N–H and O–H groups in total. The first-order valence-corrected chi connectivity index (χ1v) is 5.97. The Morgan fingerprint density at radius 3 is 2.44 bits per heavy atom. The third-order valence-corrected chi connectivity index (χ3v) is 3.45. The predicted octanol–water partition coefficient (Wildman–Crippen LogP) is 3.78. The van der Waals surface area contributed by atoms with E-state index in [1.54, 1.807) is 25.1 Å². The van der Waals surface area contributed by atoms with Crippen molar-refractivity contribution in [3.05, 3.63) is 63.6 Å². The number of aromatic nitrogens is 1. The maximum Gasteiger partial charge on any atom is 0.141 e. The quantitative estimate of drug-likeness (QED) is 0.911. The molecule has 1 heterocycles. The molecular weight excluding hydrogens is 276 g/mol. The second kappa shape index (κ2) is 4.84. The molecule has 1 unspecified atom stereocenters. The second-order valence-electron chi connectivity index (χ2n) is 4.06. The molecular formula is C13H10Cl2FNO. The average Bonchev–Trinajstić information content (AvgIpc) is 2.33. The summed E-state index contributed by atoms with van der Waals surface area (Å²) in [7, 11) is 0. The summed E-state index contributed by atoms with van der Waals surface area (Å²) in [5, 5.41) is 11.2. The van der Waals surface area contributed by atoms with Crippen LogP contribution in [0.5, 0.6) is 0 Å². The number of hydrogen-bond donors (Lipinski definition) is 1. The topological polar surface area (TPSA) is 33.1 Å². The van der Waals surface area contributed by atoms with Crippen molar-refractivity contribution in [1.82, 2.24) is 4.98 Å². The molecule has 0 saturated heterocycles. The standard InChI is InChI=1S/C13H10Cl2FNO/c1-13(18,12-5-3-9(16)7-17-12)8-2-4-10(14)11(15)6-8/h2-7,18H,1H3. The van der Waals surface area contributed by atoms with Crippen LogP contribution in [0.4, 0.5) is 4.39 Å². The van der Waals surface area contributed by atoms with Crippen molar-refractivity contribution in [2.75, 3.05) is 0 Å². The maximum atomic E-state index is 12.8. The SMILES string of the molecule is CC(O)(c1ccc(Cl)c(Cl)c1)c1ccc(F)cn1. The van der Waals surface area contributed by atoms with Gasteiger partial charge in [-0.25, -0.2) is 4.39 Å². The van der Waals surface area contributed by atoms with E-state index in [4.69, 9.17) is 23.2 Å². The smallest absolute Gasteiger partial charge is 0.141 e. The summed E-state index contributed by atoms with van der Waals surface area (Å²) in [6.07, 6.45) is 1.06. The predicted molar refractivity (Wildman–Crippen MR) is 69.3 cm³/mol. The highest BCUT2D eigenvalue weighted by molar-refractivity contribution is 6.42. The molecule has 94 valence electrons. The Hall–Kier alpha value is -1.16. The average molecular weight is 286 g/mol. The van der Waals surface area contributed by atoms with Crippen LogP contribution in [0, 0.1) is 5.82 Å². The highest BCUT2D eigenvalue weighted by Crippen LogP contribution is 2.32. The van der Waals surface area contributed by atoms with E-state index in [2.05, 4.69) is 4.98 Å². The first-order valence-electron chi connectivity index (χ1n) is 5.21. The summed E-state index contributed by atoms with van der Waals surface area (Å²) in [5.74, 6) is -0.455. The fraction of sp³-hybridized carbons (Fsp3) is 0.154. The first-order chi connectivity index (χ1) is 8.41. The summed E-state index contributed by atoms with van der Waals surface area (Å²) in [6, 6.07) is 7.48. The van der Waals surface area contributed by atoms with Crippen LogP contribution < -0.4 is 0 Å². The molecule has 0 aliphatic carbocycles. The number of rotatable bonds is 2. The van der Waals surface area contributed by atoms with Crippen LogP contribution in [0.25, 0.3) is 0 Å². The van der Waals surface area contributed by atoms with Crippen molar-refractivity contribution in [2.24, 2.45) is 0 Å². The van der Waals surface area contributed by atoms with E-state index in [0.717, 1.165) is 6.20 Å². The molecule has 0 aliphatic rings. The lowest BCUT2D eigenvalue weighted by atomic mass is 9.92. The van der Waals surface area contributed by atoms with Gasteiger partial charge in [0.05, 0.1) is 21.9 Å². The van der Waals surface area contributed by atoms with Gasteiger partial charge in [-0.3, -0.25) is 4.98 Å². The minimum atomic E-state index is -1.36. The van der Waals surface area contributed by atoms with Gasteiger partial charge in [0, 0.05) is 0 Å². The number of halogens is 3. The lowest BCUT2D eigenvalue weighted by molar-refractivity contribution is 0.0973. The summed E-state index contributed by atoms with van der Waals surface area (Å²) in [4.78, 5) is 3.88. The molecule has 2 aromatic rings. The molecule has 0 spiro atoms. The molecule has 2 nitrogen and oxygen atoms in total. The normalized spacial score (nSPS) is 14.3. The van der Waals surface area contributed by atoms with Crippen LogP contribution in [0.2, 0.25) is 10.0 Å². The fourth-order valence-electron chi connectivity index (χ4n) is 1.61. The Bertz CT molecular complexity index is 570. The van der Waals surface area contributed by atoms with Gasteiger partial charge >= 0.3 is 0 Å². The van der Waals surface area contributed by atoms with Crippen molar-refractivity contribution in [1.29, 1.82) is 0 Å². The van der Waals surface area contributed by atoms with Gasteiger partial charge < -0.3 is 5.11 Å². The van der Waals surface area contributed by atoms with Gasteiger partial charge in [0.1, 0.15) is 11.4 Å². The molecule has 0 fully saturated rings. The third-order valence-electron chi connectivity index (χ3n) is 2.71. The van der Waals surface area contributed by atoms with E-state index in [9.17, 15) is 9.50 Å². The monoisotopic (exact) mass is 285 g/mol. The number of benzene rings is 1. The Balaban J connectivity index is 2.46. The zero-order valence-corrected chi connectivity index (χ0v) is 11.0. The van der Waals surface area contributed by atoms with E-state index in [-0.39, 0.29) is 0 Å². The third kappa shape index (κ3) is 2.48. The molecule has 0 saturated carbocycles. The molecule has 18 heavy (non-hydrogen) atoms. The van der Waals surface area contributed by atoms with Gasteiger partial charge in [0.15, 0.2) is 0 Å². The van der Waals surface area contributed by atoms with Gasteiger partial charge in [0.2, 0.25) is 0 Å². The Kier molecular flexibility index (Phi) is 3.57. The highest BCUT2D eigenvalue weighted by Gasteiger charge is 2.27. The maximum absolute atomic E-state index is 12.8.